The molecule has 0 saturated carbocycles. The van der Waals surface area contributed by atoms with Crippen molar-refractivity contribution in [1.82, 2.24) is 5.43 Å². The lowest BCUT2D eigenvalue weighted by atomic mass is 10.2. The molecule has 0 unspecified atom stereocenters. The first-order valence-corrected chi connectivity index (χ1v) is 7.40. The van der Waals surface area contributed by atoms with Crippen LogP contribution in [0, 0.1) is 10.1 Å². The molecule has 0 aliphatic heterocycles. The molecular formula is C16H14ClN3O5. The molecule has 25 heavy (non-hydrogen) atoms. The average molecular weight is 364 g/mol. The van der Waals surface area contributed by atoms with Gasteiger partial charge in [-0.1, -0.05) is 11.6 Å². The minimum Gasteiger partial charge on any atom is -0.490 e. The lowest BCUT2D eigenvalue weighted by Gasteiger charge is -2.05. The van der Waals surface area contributed by atoms with Crippen molar-refractivity contribution in [2.75, 3.05) is 13.7 Å². The molecule has 1 amide bonds. The minimum absolute atomic E-state index is 0.141. The van der Waals surface area contributed by atoms with Crippen molar-refractivity contribution in [3.05, 3.63) is 63.2 Å². The van der Waals surface area contributed by atoms with Crippen molar-refractivity contribution in [2.24, 2.45) is 5.10 Å². The summed E-state index contributed by atoms with van der Waals surface area (Å²) in [5.74, 6) is 0.158. The number of halogens is 1. The van der Waals surface area contributed by atoms with Crippen molar-refractivity contribution in [3.63, 3.8) is 0 Å². The van der Waals surface area contributed by atoms with Crippen molar-refractivity contribution < 1.29 is 19.2 Å². The lowest BCUT2D eigenvalue weighted by molar-refractivity contribution is -0.385. The van der Waals surface area contributed by atoms with Gasteiger partial charge in [0, 0.05) is 16.7 Å². The summed E-state index contributed by atoms with van der Waals surface area (Å²) < 4.78 is 10.2. The summed E-state index contributed by atoms with van der Waals surface area (Å²) in [7, 11) is 1.34. The summed E-state index contributed by atoms with van der Waals surface area (Å²) in [4.78, 5) is 22.0. The van der Waals surface area contributed by atoms with E-state index in [0.29, 0.717) is 16.3 Å². The number of carbonyl (C=O) groups excluding carboxylic acids is 1. The normalized spacial score (nSPS) is 10.5. The van der Waals surface area contributed by atoms with Gasteiger partial charge in [0.15, 0.2) is 12.4 Å². The van der Waals surface area contributed by atoms with Crippen LogP contribution in [-0.4, -0.2) is 30.8 Å². The molecule has 8 nitrogen and oxygen atoms in total. The Morgan fingerprint density at radius 3 is 2.68 bits per heavy atom. The summed E-state index contributed by atoms with van der Waals surface area (Å²) in [5.41, 5.74) is 2.51. The molecule has 2 aromatic rings. The Morgan fingerprint density at radius 2 is 2.04 bits per heavy atom. The van der Waals surface area contributed by atoms with E-state index in [1.165, 1.54) is 25.5 Å². The fourth-order valence-electron chi connectivity index (χ4n) is 1.82. The molecular weight excluding hydrogens is 350 g/mol. The van der Waals surface area contributed by atoms with Crippen LogP contribution in [0.4, 0.5) is 5.69 Å². The Hall–Kier alpha value is -3.13. The molecule has 0 saturated heterocycles. The van der Waals surface area contributed by atoms with E-state index in [4.69, 9.17) is 21.1 Å². The van der Waals surface area contributed by atoms with Gasteiger partial charge in [-0.2, -0.15) is 5.10 Å². The fourth-order valence-corrected chi connectivity index (χ4v) is 1.95. The van der Waals surface area contributed by atoms with Gasteiger partial charge in [0.1, 0.15) is 5.75 Å². The number of hydrazone groups is 1. The zero-order valence-corrected chi connectivity index (χ0v) is 13.9. The maximum absolute atomic E-state index is 11.6. The van der Waals surface area contributed by atoms with Gasteiger partial charge >= 0.3 is 5.69 Å². The number of ether oxygens (including phenoxy) is 2. The summed E-state index contributed by atoms with van der Waals surface area (Å²) in [6, 6.07) is 10.9. The highest BCUT2D eigenvalue weighted by Crippen LogP contribution is 2.26. The second-order valence-corrected chi connectivity index (χ2v) is 5.16. The molecule has 0 atom stereocenters. The molecule has 0 bridgehead atoms. The van der Waals surface area contributed by atoms with Gasteiger partial charge in [-0.15, -0.1) is 0 Å². The van der Waals surface area contributed by atoms with E-state index in [9.17, 15) is 14.9 Å². The van der Waals surface area contributed by atoms with E-state index >= 15 is 0 Å². The highest BCUT2D eigenvalue weighted by molar-refractivity contribution is 6.30. The predicted octanol–water partition coefficient (Wildman–Crippen LogP) is 2.79. The van der Waals surface area contributed by atoms with Crippen LogP contribution in [0.1, 0.15) is 5.56 Å². The Bertz CT molecular complexity index is 793. The molecule has 0 aliphatic carbocycles. The summed E-state index contributed by atoms with van der Waals surface area (Å²) in [6.45, 7) is -0.234. The zero-order chi connectivity index (χ0) is 18.2. The van der Waals surface area contributed by atoms with Crippen LogP contribution < -0.4 is 14.9 Å². The van der Waals surface area contributed by atoms with Gasteiger partial charge in [0.2, 0.25) is 0 Å². The largest absolute Gasteiger partial charge is 0.490 e. The van der Waals surface area contributed by atoms with Crippen molar-refractivity contribution in [3.8, 4) is 11.5 Å². The quantitative estimate of drug-likeness (QED) is 0.463. The monoisotopic (exact) mass is 363 g/mol. The smallest absolute Gasteiger partial charge is 0.311 e. The Labute approximate surface area is 148 Å². The Kier molecular flexibility index (Phi) is 6.30. The standard InChI is InChI=1S/C16H14ClN3O5/c1-24-15-7-2-11(8-14(15)20(22)23)9-18-19-16(21)10-25-13-5-3-12(17)4-6-13/h2-9H,10H2,1H3,(H,19,21)/b18-9+. The van der Waals surface area contributed by atoms with E-state index in [1.807, 2.05) is 0 Å². The van der Waals surface area contributed by atoms with Gasteiger partial charge in [-0.05, 0) is 36.4 Å². The maximum Gasteiger partial charge on any atom is 0.311 e. The number of methoxy groups -OCH3 is 1. The SMILES string of the molecule is COc1ccc(/C=N/NC(=O)COc2ccc(Cl)cc2)cc1[N+](=O)[O-]. The topological polar surface area (TPSA) is 103 Å². The molecule has 0 aliphatic rings. The number of rotatable bonds is 7. The highest BCUT2D eigenvalue weighted by Gasteiger charge is 2.14. The van der Waals surface area contributed by atoms with Gasteiger partial charge in [-0.3, -0.25) is 14.9 Å². The molecule has 2 aromatic carbocycles. The molecule has 0 spiro atoms. The average Bonchev–Trinajstić information content (AvgIpc) is 2.61. The van der Waals surface area contributed by atoms with Crippen LogP contribution in [0.25, 0.3) is 0 Å². The van der Waals surface area contributed by atoms with Crippen LogP contribution in [0.15, 0.2) is 47.6 Å². The number of benzene rings is 2. The number of nitro groups is 1. The molecule has 0 aromatic heterocycles. The van der Waals surface area contributed by atoms with Crippen LogP contribution in [-0.2, 0) is 4.79 Å². The predicted molar refractivity (Wildman–Crippen MR) is 92.3 cm³/mol. The fraction of sp³-hybridized carbons (Fsp3) is 0.125. The molecule has 0 fully saturated rings. The Balaban J connectivity index is 1.89. The van der Waals surface area contributed by atoms with Gasteiger partial charge in [0.25, 0.3) is 5.91 Å². The van der Waals surface area contributed by atoms with Gasteiger partial charge < -0.3 is 9.47 Å². The van der Waals surface area contributed by atoms with E-state index in [2.05, 4.69) is 10.5 Å². The molecule has 2 rings (SSSR count). The summed E-state index contributed by atoms with van der Waals surface area (Å²) in [5, 5.41) is 15.2. The zero-order valence-electron chi connectivity index (χ0n) is 13.1. The van der Waals surface area contributed by atoms with E-state index in [1.54, 1.807) is 30.3 Å². The van der Waals surface area contributed by atoms with Crippen LogP contribution in [0.5, 0.6) is 11.5 Å². The van der Waals surface area contributed by atoms with E-state index in [-0.39, 0.29) is 18.0 Å². The number of nitrogens with zero attached hydrogens (tertiary/aromatic N) is 2. The first-order chi connectivity index (χ1) is 12.0. The maximum atomic E-state index is 11.6. The number of hydrogen-bond acceptors (Lipinski definition) is 6. The highest BCUT2D eigenvalue weighted by atomic mass is 35.5. The number of hydrogen-bond donors (Lipinski definition) is 1. The summed E-state index contributed by atoms with van der Waals surface area (Å²) in [6.07, 6.45) is 1.28. The van der Waals surface area contributed by atoms with E-state index in [0.717, 1.165) is 0 Å². The number of amides is 1. The first kappa shape index (κ1) is 18.2. The first-order valence-electron chi connectivity index (χ1n) is 7.02. The number of nitrogens with one attached hydrogen (secondary N) is 1. The van der Waals surface area contributed by atoms with Gasteiger partial charge in [-0.25, -0.2) is 5.43 Å². The second-order valence-electron chi connectivity index (χ2n) is 4.72. The Morgan fingerprint density at radius 1 is 1.32 bits per heavy atom. The van der Waals surface area contributed by atoms with Crippen LogP contribution in [0.3, 0.4) is 0 Å². The van der Waals surface area contributed by atoms with Crippen molar-refractivity contribution >= 4 is 29.4 Å². The second kappa shape index (κ2) is 8.65. The summed E-state index contributed by atoms with van der Waals surface area (Å²) >= 11 is 5.75. The number of nitro benzene ring substituents is 1. The van der Waals surface area contributed by atoms with Crippen molar-refractivity contribution in [2.45, 2.75) is 0 Å². The third-order valence-corrected chi connectivity index (χ3v) is 3.24. The molecule has 9 heteroatoms. The minimum atomic E-state index is -0.561. The molecule has 130 valence electrons. The van der Waals surface area contributed by atoms with Gasteiger partial charge in [0.05, 0.1) is 18.2 Å². The number of carbonyl (C=O) groups is 1. The molecule has 1 N–H and O–H groups in total. The molecule has 0 heterocycles. The lowest BCUT2D eigenvalue weighted by Crippen LogP contribution is -2.24. The third kappa shape index (κ3) is 5.47. The van der Waals surface area contributed by atoms with Crippen LogP contribution in [0.2, 0.25) is 5.02 Å². The van der Waals surface area contributed by atoms with Crippen LogP contribution >= 0.6 is 11.6 Å². The van der Waals surface area contributed by atoms with Crippen molar-refractivity contribution in [1.29, 1.82) is 0 Å². The van der Waals surface area contributed by atoms with E-state index < -0.39 is 10.8 Å². The molecule has 0 radical (unpaired) electrons. The third-order valence-electron chi connectivity index (χ3n) is 2.99.